The molecular formula is C9H11N3O2. The first-order chi connectivity index (χ1) is 6.68. The molecule has 0 spiro atoms. The molecule has 5 nitrogen and oxygen atoms in total. The highest BCUT2D eigenvalue weighted by Crippen LogP contribution is 2.03. The van der Waals surface area contributed by atoms with Gasteiger partial charge in [-0.1, -0.05) is 18.2 Å². The number of amides is 3. The van der Waals surface area contributed by atoms with Gasteiger partial charge in [0.25, 0.3) is 0 Å². The fourth-order valence-corrected chi connectivity index (χ4v) is 0.829. The van der Waals surface area contributed by atoms with Crippen LogP contribution in [-0.4, -0.2) is 11.9 Å². The number of rotatable bonds is 1. The van der Waals surface area contributed by atoms with Crippen LogP contribution in [-0.2, 0) is 4.79 Å². The summed E-state index contributed by atoms with van der Waals surface area (Å²) >= 11 is 0. The molecule has 1 aromatic carbocycles. The largest absolute Gasteiger partial charge is 0.337 e. The summed E-state index contributed by atoms with van der Waals surface area (Å²) < 4.78 is 0. The lowest BCUT2D eigenvalue weighted by atomic mass is 10.3. The van der Waals surface area contributed by atoms with Gasteiger partial charge in [0, 0.05) is 12.6 Å². The van der Waals surface area contributed by atoms with E-state index in [4.69, 9.17) is 0 Å². The summed E-state index contributed by atoms with van der Waals surface area (Å²) in [7, 11) is 0. The molecule has 74 valence electrons. The van der Waals surface area contributed by atoms with E-state index in [9.17, 15) is 9.59 Å². The maximum absolute atomic E-state index is 11.1. The molecule has 0 saturated heterocycles. The fraction of sp³-hybridized carbons (Fsp3) is 0.111. The molecule has 5 heteroatoms. The van der Waals surface area contributed by atoms with Gasteiger partial charge >= 0.3 is 6.03 Å². The van der Waals surface area contributed by atoms with Crippen LogP contribution in [0.1, 0.15) is 6.92 Å². The molecule has 3 N–H and O–H groups in total. The number of carbonyl (C=O) groups excluding carboxylic acids is 2. The fourth-order valence-electron chi connectivity index (χ4n) is 0.829. The Morgan fingerprint density at radius 2 is 1.71 bits per heavy atom. The van der Waals surface area contributed by atoms with Gasteiger partial charge in [0.1, 0.15) is 0 Å². The van der Waals surface area contributed by atoms with Crippen molar-refractivity contribution in [3.63, 3.8) is 0 Å². The summed E-state index contributed by atoms with van der Waals surface area (Å²) in [4.78, 5) is 21.5. The molecule has 0 aliphatic carbocycles. The minimum atomic E-state index is -0.480. The maximum Gasteiger partial charge on any atom is 0.337 e. The van der Waals surface area contributed by atoms with Crippen molar-refractivity contribution in [2.75, 3.05) is 5.32 Å². The van der Waals surface area contributed by atoms with Crippen molar-refractivity contribution in [1.82, 2.24) is 10.9 Å². The summed E-state index contributed by atoms with van der Waals surface area (Å²) in [6.07, 6.45) is 0. The molecule has 1 rings (SSSR count). The lowest BCUT2D eigenvalue weighted by Crippen LogP contribution is -2.42. The lowest BCUT2D eigenvalue weighted by molar-refractivity contribution is -0.119. The Kier molecular flexibility index (Phi) is 3.49. The molecule has 0 unspecified atom stereocenters. The summed E-state index contributed by atoms with van der Waals surface area (Å²) in [6.45, 7) is 1.31. The average Bonchev–Trinajstić information content (AvgIpc) is 2.16. The molecule has 3 amide bonds. The van der Waals surface area contributed by atoms with Crippen LogP contribution in [0.2, 0.25) is 0 Å². The number of urea groups is 1. The van der Waals surface area contributed by atoms with Gasteiger partial charge in [-0.3, -0.25) is 10.2 Å². The number of hydrogen-bond acceptors (Lipinski definition) is 2. The molecule has 0 bridgehead atoms. The molecule has 0 aromatic heterocycles. The van der Waals surface area contributed by atoms with Crippen molar-refractivity contribution in [2.45, 2.75) is 6.92 Å². The van der Waals surface area contributed by atoms with Crippen LogP contribution in [0.15, 0.2) is 30.3 Å². The second-order valence-corrected chi connectivity index (χ2v) is 2.63. The van der Waals surface area contributed by atoms with E-state index in [1.165, 1.54) is 6.92 Å². The van der Waals surface area contributed by atoms with E-state index in [0.29, 0.717) is 5.69 Å². The summed E-state index contributed by atoms with van der Waals surface area (Å²) in [6, 6.07) is 8.45. The number of para-hydroxylation sites is 1. The van der Waals surface area contributed by atoms with Gasteiger partial charge in [-0.25, -0.2) is 10.2 Å². The molecular weight excluding hydrogens is 182 g/mol. The van der Waals surface area contributed by atoms with Gasteiger partial charge in [-0.05, 0) is 12.1 Å². The Bertz CT molecular complexity index is 324. The number of hydrogen-bond donors (Lipinski definition) is 3. The van der Waals surface area contributed by atoms with E-state index >= 15 is 0 Å². The normalized spacial score (nSPS) is 8.93. The molecule has 0 radical (unpaired) electrons. The van der Waals surface area contributed by atoms with E-state index in [0.717, 1.165) is 0 Å². The zero-order valence-electron chi connectivity index (χ0n) is 7.70. The lowest BCUT2D eigenvalue weighted by Gasteiger charge is -2.06. The first-order valence-corrected chi connectivity index (χ1v) is 4.07. The van der Waals surface area contributed by atoms with Crippen molar-refractivity contribution in [2.24, 2.45) is 0 Å². The molecule has 0 saturated carbocycles. The van der Waals surface area contributed by atoms with Crippen LogP contribution in [0.4, 0.5) is 10.5 Å². The van der Waals surface area contributed by atoms with Crippen molar-refractivity contribution in [3.05, 3.63) is 30.3 Å². The van der Waals surface area contributed by atoms with Gasteiger partial charge in [0.05, 0.1) is 0 Å². The van der Waals surface area contributed by atoms with Crippen LogP contribution in [0.25, 0.3) is 0 Å². The quantitative estimate of drug-likeness (QED) is 0.579. The first-order valence-electron chi connectivity index (χ1n) is 4.07. The highest BCUT2D eigenvalue weighted by atomic mass is 16.2. The van der Waals surface area contributed by atoms with Gasteiger partial charge in [-0.15, -0.1) is 0 Å². The Hall–Kier alpha value is -2.04. The van der Waals surface area contributed by atoms with Crippen LogP contribution < -0.4 is 16.2 Å². The second kappa shape index (κ2) is 4.86. The van der Waals surface area contributed by atoms with Gasteiger partial charge in [0.15, 0.2) is 0 Å². The molecule has 0 fully saturated rings. The van der Waals surface area contributed by atoms with E-state index in [1.54, 1.807) is 24.3 Å². The highest BCUT2D eigenvalue weighted by Gasteiger charge is 1.99. The van der Waals surface area contributed by atoms with E-state index < -0.39 is 6.03 Å². The molecule has 0 aliphatic heterocycles. The zero-order chi connectivity index (χ0) is 10.4. The maximum atomic E-state index is 11.1. The minimum Gasteiger partial charge on any atom is -0.307 e. The van der Waals surface area contributed by atoms with E-state index in [2.05, 4.69) is 16.2 Å². The number of anilines is 1. The van der Waals surface area contributed by atoms with E-state index in [1.807, 2.05) is 6.07 Å². The first kappa shape index (κ1) is 10.0. The van der Waals surface area contributed by atoms with Gasteiger partial charge < -0.3 is 5.32 Å². The van der Waals surface area contributed by atoms with Gasteiger partial charge in [0.2, 0.25) is 5.91 Å². The molecule has 1 aromatic rings. The molecule has 0 aliphatic rings. The van der Waals surface area contributed by atoms with Crippen LogP contribution in [0.3, 0.4) is 0 Å². The number of hydrazine groups is 1. The molecule has 0 atom stereocenters. The number of nitrogens with one attached hydrogen (secondary N) is 3. The number of benzene rings is 1. The summed E-state index contributed by atoms with van der Waals surface area (Å²) in [5.74, 6) is -0.326. The van der Waals surface area contributed by atoms with Crippen molar-refractivity contribution >= 4 is 17.6 Å². The van der Waals surface area contributed by atoms with Crippen LogP contribution in [0, 0.1) is 0 Å². The third-order valence-corrected chi connectivity index (χ3v) is 1.38. The SMILES string of the molecule is CC(=O)NNC(=O)Nc1ccccc1. The molecule has 14 heavy (non-hydrogen) atoms. The Balaban J connectivity index is 2.38. The predicted octanol–water partition coefficient (Wildman–Crippen LogP) is 0.859. The Morgan fingerprint density at radius 1 is 1.07 bits per heavy atom. The van der Waals surface area contributed by atoms with E-state index in [-0.39, 0.29) is 5.91 Å². The van der Waals surface area contributed by atoms with Crippen molar-refractivity contribution in [1.29, 1.82) is 0 Å². The third-order valence-electron chi connectivity index (χ3n) is 1.38. The number of carbonyl (C=O) groups is 2. The van der Waals surface area contributed by atoms with Crippen molar-refractivity contribution in [3.8, 4) is 0 Å². The summed E-state index contributed by atoms with van der Waals surface area (Å²) in [5.41, 5.74) is 5.01. The minimum absolute atomic E-state index is 0.326. The van der Waals surface area contributed by atoms with Crippen molar-refractivity contribution < 1.29 is 9.59 Å². The third kappa shape index (κ3) is 3.57. The average molecular weight is 193 g/mol. The summed E-state index contributed by atoms with van der Waals surface area (Å²) in [5, 5.41) is 2.53. The standard InChI is InChI=1S/C9H11N3O2/c1-7(13)11-12-9(14)10-8-5-3-2-4-6-8/h2-6H,1H3,(H,11,13)(H2,10,12,14). The monoisotopic (exact) mass is 193 g/mol. The Labute approximate surface area is 81.5 Å². The molecule has 0 heterocycles. The van der Waals surface area contributed by atoms with Crippen LogP contribution >= 0.6 is 0 Å². The highest BCUT2D eigenvalue weighted by molar-refractivity contribution is 5.90. The van der Waals surface area contributed by atoms with Crippen LogP contribution in [0.5, 0.6) is 0 Å². The zero-order valence-corrected chi connectivity index (χ0v) is 7.70. The smallest absolute Gasteiger partial charge is 0.307 e. The second-order valence-electron chi connectivity index (χ2n) is 2.63. The Morgan fingerprint density at radius 3 is 2.29 bits per heavy atom. The van der Waals surface area contributed by atoms with Gasteiger partial charge in [-0.2, -0.15) is 0 Å². The topological polar surface area (TPSA) is 70.2 Å². The predicted molar refractivity (Wildman–Crippen MR) is 52.4 cm³/mol.